The number of carbonyl (C=O) groups excluding carboxylic acids is 1. The highest BCUT2D eigenvalue weighted by Gasteiger charge is 2.27. The van der Waals surface area contributed by atoms with E-state index in [1.807, 2.05) is 33.7 Å². The Morgan fingerprint density at radius 1 is 1.04 bits per heavy atom. The molecule has 4 rings (SSSR count). The lowest BCUT2D eigenvalue weighted by molar-refractivity contribution is 0.0694. The third-order valence-electron chi connectivity index (χ3n) is 5.37. The molecule has 1 N–H and O–H groups in total. The maximum absolute atomic E-state index is 12.9. The number of nitrogens with zero attached hydrogens (tertiary/aromatic N) is 2. The molecule has 28 heavy (non-hydrogen) atoms. The van der Waals surface area contributed by atoms with Crippen LogP contribution in [0.25, 0.3) is 11.0 Å². The summed E-state index contributed by atoms with van der Waals surface area (Å²) < 4.78 is 12.4. The van der Waals surface area contributed by atoms with Gasteiger partial charge in [0.25, 0.3) is 5.91 Å². The van der Waals surface area contributed by atoms with Crippen molar-refractivity contribution in [3.8, 4) is 11.5 Å². The Bertz CT molecular complexity index is 1060. The molecule has 146 valence electrons. The molecule has 0 radical (unpaired) electrons. The zero-order valence-corrected chi connectivity index (χ0v) is 16.0. The number of para-hydroxylation sites is 2. The van der Waals surface area contributed by atoms with Crippen LogP contribution in [0.1, 0.15) is 29.2 Å². The number of ether oxygens (including phenoxy) is 2. The van der Waals surface area contributed by atoms with E-state index in [1.165, 1.54) is 0 Å². The van der Waals surface area contributed by atoms with Crippen molar-refractivity contribution in [2.24, 2.45) is 0 Å². The molecule has 7 heteroatoms. The maximum Gasteiger partial charge on any atom is 0.326 e. The highest BCUT2D eigenvalue weighted by Crippen LogP contribution is 2.30. The summed E-state index contributed by atoms with van der Waals surface area (Å²) in [5, 5.41) is 0. The van der Waals surface area contributed by atoms with E-state index in [9.17, 15) is 9.59 Å². The van der Waals surface area contributed by atoms with Gasteiger partial charge in [0.15, 0.2) is 11.5 Å². The second-order valence-electron chi connectivity index (χ2n) is 6.91. The third-order valence-corrected chi connectivity index (χ3v) is 5.37. The number of nitrogens with one attached hydrogen (secondary N) is 1. The first-order chi connectivity index (χ1) is 13.6. The van der Waals surface area contributed by atoms with Crippen molar-refractivity contribution in [3.05, 3.63) is 58.5 Å². The Morgan fingerprint density at radius 2 is 1.75 bits per heavy atom. The van der Waals surface area contributed by atoms with Gasteiger partial charge in [-0.25, -0.2) is 4.79 Å². The number of imidazole rings is 1. The number of piperidine rings is 1. The number of benzene rings is 2. The summed E-state index contributed by atoms with van der Waals surface area (Å²) in [5.74, 6) is 1.09. The Hall–Kier alpha value is -3.22. The first kappa shape index (κ1) is 18.2. The van der Waals surface area contributed by atoms with Crippen molar-refractivity contribution in [2.75, 3.05) is 27.3 Å². The van der Waals surface area contributed by atoms with Crippen LogP contribution in [0.3, 0.4) is 0 Å². The minimum Gasteiger partial charge on any atom is -0.493 e. The van der Waals surface area contributed by atoms with Crippen LogP contribution >= 0.6 is 0 Å². The standard InChI is InChI=1S/C21H23N3O4/c1-27-18-8-7-14(13-19(18)28-2)20(25)23-11-9-15(10-12-23)24-17-6-4-3-5-16(17)22-21(24)26/h3-8,13,15H,9-12H2,1-2H3,(H,22,26). The van der Waals surface area contributed by atoms with Gasteiger partial charge >= 0.3 is 5.69 Å². The Labute approximate surface area is 162 Å². The van der Waals surface area contributed by atoms with E-state index in [2.05, 4.69) is 4.98 Å². The first-order valence-corrected chi connectivity index (χ1v) is 9.33. The number of H-pyrrole nitrogens is 1. The van der Waals surface area contributed by atoms with Crippen molar-refractivity contribution < 1.29 is 14.3 Å². The van der Waals surface area contributed by atoms with Gasteiger partial charge < -0.3 is 19.4 Å². The van der Waals surface area contributed by atoms with Crippen LogP contribution in [0.5, 0.6) is 11.5 Å². The van der Waals surface area contributed by atoms with Crippen LogP contribution in [0.4, 0.5) is 0 Å². The van der Waals surface area contributed by atoms with Crippen LogP contribution in [0.2, 0.25) is 0 Å². The lowest BCUT2D eigenvalue weighted by Crippen LogP contribution is -2.40. The topological polar surface area (TPSA) is 76.6 Å². The highest BCUT2D eigenvalue weighted by atomic mass is 16.5. The zero-order valence-electron chi connectivity index (χ0n) is 16.0. The van der Waals surface area contributed by atoms with Crippen LogP contribution in [0, 0.1) is 0 Å². The fraction of sp³-hybridized carbons (Fsp3) is 0.333. The van der Waals surface area contributed by atoms with Crippen LogP contribution < -0.4 is 15.2 Å². The second-order valence-corrected chi connectivity index (χ2v) is 6.91. The monoisotopic (exact) mass is 381 g/mol. The van der Waals surface area contributed by atoms with Crippen LogP contribution in [0.15, 0.2) is 47.3 Å². The SMILES string of the molecule is COc1ccc(C(=O)N2CCC(n3c(=O)[nH]c4ccccc43)CC2)cc1OC. The van der Waals surface area contributed by atoms with Gasteiger partial charge in [0.2, 0.25) is 0 Å². The lowest BCUT2D eigenvalue weighted by Gasteiger charge is -2.32. The number of hydrogen-bond donors (Lipinski definition) is 1. The van der Waals surface area contributed by atoms with E-state index in [1.54, 1.807) is 32.4 Å². The predicted molar refractivity (Wildman–Crippen MR) is 106 cm³/mol. The molecule has 1 aromatic heterocycles. The summed E-state index contributed by atoms with van der Waals surface area (Å²) in [6.07, 6.45) is 1.47. The number of rotatable bonds is 4. The van der Waals surface area contributed by atoms with Gasteiger partial charge in [0.1, 0.15) is 0 Å². The summed E-state index contributed by atoms with van der Waals surface area (Å²) in [7, 11) is 3.12. The molecule has 0 spiro atoms. The summed E-state index contributed by atoms with van der Waals surface area (Å²) >= 11 is 0. The molecule has 1 saturated heterocycles. The number of amides is 1. The Morgan fingerprint density at radius 3 is 2.46 bits per heavy atom. The number of fused-ring (bicyclic) bond motifs is 1. The largest absolute Gasteiger partial charge is 0.493 e. The smallest absolute Gasteiger partial charge is 0.326 e. The molecular weight excluding hydrogens is 358 g/mol. The molecule has 0 saturated carbocycles. The molecule has 0 bridgehead atoms. The van der Waals surface area contributed by atoms with Crippen molar-refractivity contribution in [1.29, 1.82) is 0 Å². The van der Waals surface area contributed by atoms with E-state index in [0.717, 1.165) is 23.9 Å². The van der Waals surface area contributed by atoms with E-state index in [-0.39, 0.29) is 17.6 Å². The van der Waals surface area contributed by atoms with E-state index in [0.29, 0.717) is 30.2 Å². The van der Waals surface area contributed by atoms with Crippen molar-refractivity contribution >= 4 is 16.9 Å². The van der Waals surface area contributed by atoms with Crippen molar-refractivity contribution in [2.45, 2.75) is 18.9 Å². The lowest BCUT2D eigenvalue weighted by atomic mass is 10.0. The maximum atomic E-state index is 12.9. The average molecular weight is 381 g/mol. The fourth-order valence-electron chi connectivity index (χ4n) is 3.92. The van der Waals surface area contributed by atoms with Crippen LogP contribution in [-0.4, -0.2) is 47.7 Å². The van der Waals surface area contributed by atoms with Gasteiger partial charge in [-0.2, -0.15) is 0 Å². The molecule has 2 heterocycles. The molecule has 1 aliphatic rings. The van der Waals surface area contributed by atoms with Gasteiger partial charge in [-0.1, -0.05) is 12.1 Å². The third kappa shape index (κ3) is 3.13. The fourth-order valence-corrected chi connectivity index (χ4v) is 3.92. The molecule has 1 amide bonds. The highest BCUT2D eigenvalue weighted by molar-refractivity contribution is 5.95. The summed E-state index contributed by atoms with van der Waals surface area (Å²) in [6.45, 7) is 1.20. The van der Waals surface area contributed by atoms with Crippen molar-refractivity contribution in [1.82, 2.24) is 14.5 Å². The Balaban J connectivity index is 1.50. The second kappa shape index (κ2) is 7.42. The van der Waals surface area contributed by atoms with Gasteiger partial charge in [0.05, 0.1) is 25.3 Å². The molecule has 7 nitrogen and oxygen atoms in total. The van der Waals surface area contributed by atoms with Gasteiger partial charge in [-0.3, -0.25) is 9.36 Å². The van der Waals surface area contributed by atoms with Gasteiger partial charge in [-0.15, -0.1) is 0 Å². The summed E-state index contributed by atoms with van der Waals surface area (Å²) in [5.41, 5.74) is 2.24. The van der Waals surface area contributed by atoms with E-state index < -0.39 is 0 Å². The molecule has 0 unspecified atom stereocenters. The molecule has 1 aliphatic heterocycles. The van der Waals surface area contributed by atoms with Gasteiger partial charge in [0, 0.05) is 24.7 Å². The number of aromatic nitrogens is 2. The number of likely N-dealkylation sites (tertiary alicyclic amines) is 1. The minimum absolute atomic E-state index is 0.0364. The molecule has 1 fully saturated rings. The molecule has 3 aromatic rings. The summed E-state index contributed by atoms with van der Waals surface area (Å²) in [6, 6.07) is 13.0. The minimum atomic E-state index is -0.0918. The predicted octanol–water partition coefficient (Wildman–Crippen LogP) is 2.82. The number of hydrogen-bond acceptors (Lipinski definition) is 4. The van der Waals surface area contributed by atoms with E-state index >= 15 is 0 Å². The zero-order chi connectivity index (χ0) is 19.7. The average Bonchev–Trinajstić information content (AvgIpc) is 3.08. The molecule has 2 aromatic carbocycles. The van der Waals surface area contributed by atoms with E-state index in [4.69, 9.17) is 9.47 Å². The Kier molecular flexibility index (Phi) is 4.81. The number of methoxy groups -OCH3 is 2. The molecule has 0 atom stereocenters. The normalized spacial score (nSPS) is 15.0. The first-order valence-electron chi connectivity index (χ1n) is 9.33. The van der Waals surface area contributed by atoms with Gasteiger partial charge in [-0.05, 0) is 43.2 Å². The molecular formula is C21H23N3O4. The van der Waals surface area contributed by atoms with Crippen LogP contribution in [-0.2, 0) is 0 Å². The number of carbonyl (C=O) groups is 1. The van der Waals surface area contributed by atoms with Crippen molar-refractivity contribution in [3.63, 3.8) is 0 Å². The molecule has 0 aliphatic carbocycles. The number of aromatic amines is 1. The summed E-state index contributed by atoms with van der Waals surface area (Å²) in [4.78, 5) is 30.0. The quantitative estimate of drug-likeness (QED) is 0.754.